The standard InChI is InChI=1S/C20H25NO3/c1-20(2,3)24-17-10-8-15(9-11-17)14-21-19(22)13-16-6-5-7-18(12-16)23-4/h5-12H,13-14H2,1-4H3,(H,21,22). The van der Waals surface area contributed by atoms with Crippen LogP contribution in [0, 0.1) is 0 Å². The normalized spacial score (nSPS) is 11.0. The second kappa shape index (κ2) is 7.86. The maximum atomic E-state index is 12.1. The SMILES string of the molecule is COc1cccc(CC(=O)NCc2ccc(OC(C)(C)C)cc2)c1. The van der Waals surface area contributed by atoms with Crippen LogP contribution in [0.15, 0.2) is 48.5 Å². The molecule has 0 aliphatic rings. The smallest absolute Gasteiger partial charge is 0.224 e. The Hall–Kier alpha value is -2.49. The Balaban J connectivity index is 1.85. The molecular formula is C20H25NO3. The van der Waals surface area contributed by atoms with Crippen molar-refractivity contribution in [1.29, 1.82) is 0 Å². The van der Waals surface area contributed by atoms with Crippen LogP contribution < -0.4 is 14.8 Å². The van der Waals surface area contributed by atoms with Crippen LogP contribution in [0.4, 0.5) is 0 Å². The summed E-state index contributed by atoms with van der Waals surface area (Å²) < 4.78 is 11.0. The zero-order valence-corrected chi connectivity index (χ0v) is 14.8. The van der Waals surface area contributed by atoms with E-state index in [9.17, 15) is 4.79 Å². The van der Waals surface area contributed by atoms with E-state index >= 15 is 0 Å². The highest BCUT2D eigenvalue weighted by Gasteiger charge is 2.11. The average molecular weight is 327 g/mol. The second-order valence-electron chi connectivity index (χ2n) is 6.66. The molecule has 0 aliphatic heterocycles. The highest BCUT2D eigenvalue weighted by molar-refractivity contribution is 5.78. The Kier molecular flexibility index (Phi) is 5.85. The maximum Gasteiger partial charge on any atom is 0.224 e. The monoisotopic (exact) mass is 327 g/mol. The second-order valence-corrected chi connectivity index (χ2v) is 6.66. The Morgan fingerprint density at radius 1 is 1.00 bits per heavy atom. The fourth-order valence-electron chi connectivity index (χ4n) is 2.26. The zero-order valence-electron chi connectivity index (χ0n) is 14.8. The zero-order chi connectivity index (χ0) is 17.6. The van der Waals surface area contributed by atoms with Gasteiger partial charge in [0.25, 0.3) is 0 Å². The molecule has 24 heavy (non-hydrogen) atoms. The number of methoxy groups -OCH3 is 1. The van der Waals surface area contributed by atoms with Crippen LogP contribution in [0.2, 0.25) is 0 Å². The summed E-state index contributed by atoms with van der Waals surface area (Å²) in [6, 6.07) is 15.3. The maximum absolute atomic E-state index is 12.1. The molecule has 0 aliphatic carbocycles. The molecule has 4 heteroatoms. The van der Waals surface area contributed by atoms with E-state index in [-0.39, 0.29) is 11.5 Å². The van der Waals surface area contributed by atoms with Gasteiger partial charge in [-0.2, -0.15) is 0 Å². The van der Waals surface area contributed by atoms with Gasteiger partial charge < -0.3 is 14.8 Å². The Bertz CT molecular complexity index is 672. The Labute approximate surface area is 143 Å². The van der Waals surface area contributed by atoms with Crippen molar-refractivity contribution in [2.45, 2.75) is 39.3 Å². The lowest BCUT2D eigenvalue weighted by atomic mass is 10.1. The number of hydrogen-bond acceptors (Lipinski definition) is 3. The minimum absolute atomic E-state index is 0.0155. The summed E-state index contributed by atoms with van der Waals surface area (Å²) >= 11 is 0. The van der Waals surface area contributed by atoms with E-state index in [0.717, 1.165) is 22.6 Å². The minimum Gasteiger partial charge on any atom is -0.497 e. The van der Waals surface area contributed by atoms with Crippen molar-refractivity contribution in [1.82, 2.24) is 5.32 Å². The van der Waals surface area contributed by atoms with Crippen molar-refractivity contribution in [3.63, 3.8) is 0 Å². The van der Waals surface area contributed by atoms with Crippen LogP contribution in [0.25, 0.3) is 0 Å². The summed E-state index contributed by atoms with van der Waals surface area (Å²) in [4.78, 5) is 12.1. The van der Waals surface area contributed by atoms with Gasteiger partial charge in [-0.1, -0.05) is 24.3 Å². The quantitative estimate of drug-likeness (QED) is 0.879. The first-order chi connectivity index (χ1) is 11.4. The summed E-state index contributed by atoms with van der Waals surface area (Å²) in [7, 11) is 1.62. The number of benzene rings is 2. The number of carbonyl (C=O) groups is 1. The molecule has 1 amide bonds. The van der Waals surface area contributed by atoms with Gasteiger partial charge in [0.15, 0.2) is 0 Å². The summed E-state index contributed by atoms with van der Waals surface area (Å²) in [5, 5.41) is 2.93. The van der Waals surface area contributed by atoms with Gasteiger partial charge in [0.2, 0.25) is 5.91 Å². The molecule has 0 fully saturated rings. The van der Waals surface area contributed by atoms with E-state index in [1.54, 1.807) is 7.11 Å². The molecular weight excluding hydrogens is 302 g/mol. The third-order valence-electron chi connectivity index (χ3n) is 3.34. The van der Waals surface area contributed by atoms with Crippen LogP contribution in [-0.4, -0.2) is 18.6 Å². The third-order valence-corrected chi connectivity index (χ3v) is 3.34. The van der Waals surface area contributed by atoms with Crippen LogP contribution in [-0.2, 0) is 17.8 Å². The van der Waals surface area contributed by atoms with E-state index < -0.39 is 0 Å². The number of nitrogens with one attached hydrogen (secondary N) is 1. The van der Waals surface area contributed by atoms with Crippen LogP contribution >= 0.6 is 0 Å². The number of ether oxygens (including phenoxy) is 2. The van der Waals surface area contributed by atoms with Crippen molar-refractivity contribution in [3.05, 3.63) is 59.7 Å². The van der Waals surface area contributed by atoms with Crippen molar-refractivity contribution in [3.8, 4) is 11.5 Å². The molecule has 0 aromatic heterocycles. The minimum atomic E-state index is -0.216. The van der Waals surface area contributed by atoms with E-state index in [0.29, 0.717) is 13.0 Å². The van der Waals surface area contributed by atoms with E-state index in [4.69, 9.17) is 9.47 Å². The lowest BCUT2D eigenvalue weighted by Crippen LogP contribution is -2.24. The predicted molar refractivity (Wildman–Crippen MR) is 95.4 cm³/mol. The largest absolute Gasteiger partial charge is 0.497 e. The summed E-state index contributed by atoms with van der Waals surface area (Å²) in [6.07, 6.45) is 0.336. The molecule has 0 saturated carbocycles. The van der Waals surface area contributed by atoms with Crippen LogP contribution in [0.5, 0.6) is 11.5 Å². The first-order valence-corrected chi connectivity index (χ1v) is 8.03. The Morgan fingerprint density at radius 3 is 2.33 bits per heavy atom. The van der Waals surface area contributed by atoms with E-state index in [2.05, 4.69) is 5.32 Å². The number of rotatable bonds is 6. The van der Waals surface area contributed by atoms with Gasteiger partial charge in [0.1, 0.15) is 17.1 Å². The van der Waals surface area contributed by atoms with Gasteiger partial charge in [-0.15, -0.1) is 0 Å². The topological polar surface area (TPSA) is 47.6 Å². The molecule has 0 unspecified atom stereocenters. The molecule has 2 aromatic rings. The van der Waals surface area contributed by atoms with Crippen molar-refractivity contribution in [2.75, 3.05) is 7.11 Å². The molecule has 0 bridgehead atoms. The molecule has 0 heterocycles. The fraction of sp³-hybridized carbons (Fsp3) is 0.350. The first kappa shape index (κ1) is 17.9. The van der Waals surface area contributed by atoms with Crippen LogP contribution in [0.3, 0.4) is 0 Å². The summed E-state index contributed by atoms with van der Waals surface area (Å²) in [5.41, 5.74) is 1.75. The van der Waals surface area contributed by atoms with Crippen molar-refractivity contribution < 1.29 is 14.3 Å². The predicted octanol–water partition coefficient (Wildman–Crippen LogP) is 3.73. The molecule has 1 N–H and O–H groups in total. The lowest BCUT2D eigenvalue weighted by molar-refractivity contribution is -0.120. The van der Waals surface area contributed by atoms with Gasteiger partial charge in [0, 0.05) is 6.54 Å². The molecule has 128 valence electrons. The highest BCUT2D eigenvalue weighted by Crippen LogP contribution is 2.18. The van der Waals surface area contributed by atoms with Gasteiger partial charge >= 0.3 is 0 Å². The van der Waals surface area contributed by atoms with E-state index in [1.807, 2.05) is 69.3 Å². The van der Waals surface area contributed by atoms with Gasteiger partial charge in [-0.3, -0.25) is 4.79 Å². The van der Waals surface area contributed by atoms with E-state index in [1.165, 1.54) is 0 Å². The molecule has 4 nitrogen and oxygen atoms in total. The molecule has 2 aromatic carbocycles. The summed E-state index contributed by atoms with van der Waals surface area (Å²) in [5.74, 6) is 1.57. The molecule has 0 saturated heterocycles. The number of amides is 1. The van der Waals surface area contributed by atoms with Gasteiger partial charge in [-0.05, 0) is 56.2 Å². The molecule has 0 atom stereocenters. The summed E-state index contributed by atoms with van der Waals surface area (Å²) in [6.45, 7) is 6.54. The lowest BCUT2D eigenvalue weighted by Gasteiger charge is -2.21. The molecule has 2 rings (SSSR count). The Morgan fingerprint density at radius 2 is 1.71 bits per heavy atom. The molecule has 0 radical (unpaired) electrons. The molecule has 0 spiro atoms. The first-order valence-electron chi connectivity index (χ1n) is 8.03. The fourth-order valence-corrected chi connectivity index (χ4v) is 2.26. The van der Waals surface area contributed by atoms with Gasteiger partial charge in [-0.25, -0.2) is 0 Å². The van der Waals surface area contributed by atoms with Crippen LogP contribution in [0.1, 0.15) is 31.9 Å². The number of hydrogen-bond donors (Lipinski definition) is 1. The van der Waals surface area contributed by atoms with Gasteiger partial charge in [0.05, 0.1) is 13.5 Å². The average Bonchev–Trinajstić information content (AvgIpc) is 2.53. The third kappa shape index (κ3) is 5.95. The van der Waals surface area contributed by atoms with Crippen molar-refractivity contribution in [2.24, 2.45) is 0 Å². The highest BCUT2D eigenvalue weighted by atomic mass is 16.5. The van der Waals surface area contributed by atoms with Crippen molar-refractivity contribution >= 4 is 5.91 Å². The number of carbonyl (C=O) groups excluding carboxylic acids is 1.